The summed E-state index contributed by atoms with van der Waals surface area (Å²) in [5.41, 5.74) is -0.438. The van der Waals surface area contributed by atoms with E-state index in [9.17, 15) is 14.7 Å². The van der Waals surface area contributed by atoms with Gasteiger partial charge in [-0.05, 0) is 45.1 Å². The Kier molecular flexibility index (Phi) is 4.13. The van der Waals surface area contributed by atoms with Crippen LogP contribution in [0.4, 0.5) is 0 Å². The van der Waals surface area contributed by atoms with Gasteiger partial charge in [-0.15, -0.1) is 0 Å². The molecule has 2 aliphatic rings. The number of hydrogen-bond donors (Lipinski definition) is 2. The maximum atomic E-state index is 12.7. The van der Waals surface area contributed by atoms with Crippen LogP contribution in [0.15, 0.2) is 0 Å². The standard InChI is InChI=1S/C14H24N2O3/c1-10-4-7-16(11(8-10)12(17)18)13(19)14(2)5-3-6-15-9-14/h10-11,15H,3-9H2,1-2H3,(H,17,18). The van der Waals surface area contributed by atoms with Crippen LogP contribution in [-0.4, -0.2) is 47.6 Å². The monoisotopic (exact) mass is 268 g/mol. The molecule has 2 saturated heterocycles. The summed E-state index contributed by atoms with van der Waals surface area (Å²) < 4.78 is 0. The van der Waals surface area contributed by atoms with Gasteiger partial charge in [-0.2, -0.15) is 0 Å². The van der Waals surface area contributed by atoms with Crippen molar-refractivity contribution in [1.29, 1.82) is 0 Å². The normalized spacial score (nSPS) is 36.0. The van der Waals surface area contributed by atoms with Crippen molar-refractivity contribution in [2.24, 2.45) is 11.3 Å². The van der Waals surface area contributed by atoms with E-state index in [0.717, 1.165) is 25.8 Å². The first-order valence-corrected chi connectivity index (χ1v) is 7.18. The van der Waals surface area contributed by atoms with Crippen LogP contribution in [0, 0.1) is 11.3 Å². The molecule has 5 heteroatoms. The zero-order valence-electron chi connectivity index (χ0n) is 11.8. The minimum atomic E-state index is -0.868. The Morgan fingerprint density at radius 3 is 2.74 bits per heavy atom. The van der Waals surface area contributed by atoms with Crippen molar-refractivity contribution < 1.29 is 14.7 Å². The highest BCUT2D eigenvalue weighted by Crippen LogP contribution is 2.32. The summed E-state index contributed by atoms with van der Waals surface area (Å²) in [7, 11) is 0. The number of aliphatic carboxylic acids is 1. The zero-order chi connectivity index (χ0) is 14.0. The van der Waals surface area contributed by atoms with E-state index >= 15 is 0 Å². The van der Waals surface area contributed by atoms with E-state index in [1.807, 2.05) is 6.92 Å². The fourth-order valence-corrected chi connectivity index (χ4v) is 3.20. The molecule has 2 heterocycles. The quantitative estimate of drug-likeness (QED) is 0.786. The second kappa shape index (κ2) is 5.49. The van der Waals surface area contributed by atoms with Crippen LogP contribution < -0.4 is 5.32 Å². The van der Waals surface area contributed by atoms with Gasteiger partial charge in [0, 0.05) is 13.1 Å². The minimum absolute atomic E-state index is 0.0130. The van der Waals surface area contributed by atoms with E-state index in [0.29, 0.717) is 25.4 Å². The van der Waals surface area contributed by atoms with Crippen LogP contribution in [0.25, 0.3) is 0 Å². The van der Waals surface area contributed by atoms with Crippen molar-refractivity contribution in [3.05, 3.63) is 0 Å². The van der Waals surface area contributed by atoms with Gasteiger partial charge in [0.1, 0.15) is 6.04 Å². The fraction of sp³-hybridized carbons (Fsp3) is 0.857. The molecule has 2 rings (SSSR count). The van der Waals surface area contributed by atoms with Gasteiger partial charge in [0.2, 0.25) is 5.91 Å². The van der Waals surface area contributed by atoms with Crippen molar-refractivity contribution in [3.8, 4) is 0 Å². The first-order chi connectivity index (χ1) is 8.94. The van der Waals surface area contributed by atoms with Crippen molar-refractivity contribution >= 4 is 11.9 Å². The minimum Gasteiger partial charge on any atom is -0.480 e. The van der Waals surface area contributed by atoms with Gasteiger partial charge in [-0.3, -0.25) is 4.79 Å². The second-order valence-corrected chi connectivity index (χ2v) is 6.32. The largest absolute Gasteiger partial charge is 0.480 e. The molecule has 19 heavy (non-hydrogen) atoms. The van der Waals surface area contributed by atoms with Crippen molar-refractivity contribution in [3.63, 3.8) is 0 Å². The topological polar surface area (TPSA) is 69.6 Å². The smallest absolute Gasteiger partial charge is 0.326 e. The molecule has 2 aliphatic heterocycles. The molecular weight excluding hydrogens is 244 g/mol. The number of rotatable bonds is 2. The lowest BCUT2D eigenvalue weighted by Crippen LogP contribution is -2.57. The lowest BCUT2D eigenvalue weighted by Gasteiger charge is -2.42. The van der Waals surface area contributed by atoms with E-state index in [2.05, 4.69) is 12.2 Å². The van der Waals surface area contributed by atoms with Gasteiger partial charge in [-0.1, -0.05) is 6.92 Å². The maximum Gasteiger partial charge on any atom is 0.326 e. The summed E-state index contributed by atoms with van der Waals surface area (Å²) in [6.07, 6.45) is 3.30. The second-order valence-electron chi connectivity index (χ2n) is 6.32. The molecule has 2 fully saturated rings. The molecular formula is C14H24N2O3. The summed E-state index contributed by atoms with van der Waals surface area (Å²) >= 11 is 0. The number of nitrogens with one attached hydrogen (secondary N) is 1. The number of likely N-dealkylation sites (tertiary alicyclic amines) is 1. The molecule has 5 nitrogen and oxygen atoms in total. The Labute approximate surface area is 114 Å². The molecule has 0 radical (unpaired) electrons. The van der Waals surface area contributed by atoms with Crippen LogP contribution in [0.5, 0.6) is 0 Å². The first kappa shape index (κ1) is 14.3. The summed E-state index contributed by atoms with van der Waals surface area (Å²) in [4.78, 5) is 25.7. The fourth-order valence-electron chi connectivity index (χ4n) is 3.20. The van der Waals surface area contributed by atoms with Crippen LogP contribution in [0.1, 0.15) is 39.5 Å². The molecule has 1 amide bonds. The zero-order valence-corrected chi connectivity index (χ0v) is 11.8. The SMILES string of the molecule is CC1CCN(C(=O)C2(C)CCCNC2)C(C(=O)O)C1. The number of carboxylic acids is 1. The number of carbonyl (C=O) groups excluding carboxylic acids is 1. The number of carboxylic acid groups (broad SMARTS) is 1. The van der Waals surface area contributed by atoms with Crippen molar-refractivity contribution in [2.75, 3.05) is 19.6 Å². The van der Waals surface area contributed by atoms with E-state index in [1.54, 1.807) is 4.90 Å². The van der Waals surface area contributed by atoms with Gasteiger partial charge in [0.25, 0.3) is 0 Å². The molecule has 0 saturated carbocycles. The molecule has 0 aliphatic carbocycles. The number of hydrogen-bond acceptors (Lipinski definition) is 3. The van der Waals surface area contributed by atoms with Gasteiger partial charge in [0.15, 0.2) is 0 Å². The number of nitrogens with zero attached hydrogens (tertiary/aromatic N) is 1. The molecule has 0 spiro atoms. The molecule has 2 N–H and O–H groups in total. The highest BCUT2D eigenvalue weighted by molar-refractivity contribution is 5.87. The van der Waals surface area contributed by atoms with Crippen molar-refractivity contribution in [2.45, 2.75) is 45.6 Å². The molecule has 3 unspecified atom stereocenters. The third kappa shape index (κ3) is 2.91. The van der Waals surface area contributed by atoms with Crippen LogP contribution in [-0.2, 0) is 9.59 Å². The van der Waals surface area contributed by atoms with Gasteiger partial charge < -0.3 is 15.3 Å². The van der Waals surface area contributed by atoms with Gasteiger partial charge in [0.05, 0.1) is 5.41 Å². The van der Waals surface area contributed by atoms with Crippen molar-refractivity contribution in [1.82, 2.24) is 10.2 Å². The molecule has 0 aromatic rings. The maximum absolute atomic E-state index is 12.7. The average molecular weight is 268 g/mol. The Bertz CT molecular complexity index is 364. The predicted octanol–water partition coefficient (Wildman–Crippen LogP) is 1.09. The lowest BCUT2D eigenvalue weighted by atomic mass is 9.80. The number of amides is 1. The predicted molar refractivity (Wildman–Crippen MR) is 71.7 cm³/mol. The first-order valence-electron chi connectivity index (χ1n) is 7.18. The summed E-state index contributed by atoms with van der Waals surface area (Å²) in [5, 5.41) is 12.6. The van der Waals surface area contributed by atoms with Gasteiger partial charge in [-0.25, -0.2) is 4.79 Å². The molecule has 0 aromatic carbocycles. The summed E-state index contributed by atoms with van der Waals surface area (Å²) in [6, 6.07) is -0.644. The molecule has 0 bridgehead atoms. The highest BCUT2D eigenvalue weighted by Gasteiger charge is 2.43. The van der Waals surface area contributed by atoms with E-state index in [1.165, 1.54) is 0 Å². The van der Waals surface area contributed by atoms with Gasteiger partial charge >= 0.3 is 5.97 Å². The molecule has 108 valence electrons. The van der Waals surface area contributed by atoms with Crippen LogP contribution >= 0.6 is 0 Å². The summed E-state index contributed by atoms with van der Waals surface area (Å²) in [5.74, 6) is -0.478. The molecule has 0 aromatic heterocycles. The number of carbonyl (C=O) groups is 2. The van der Waals surface area contributed by atoms with Crippen LogP contribution in [0.2, 0.25) is 0 Å². The lowest BCUT2D eigenvalue weighted by molar-refractivity contribution is -0.158. The third-order valence-electron chi connectivity index (χ3n) is 4.52. The number of piperidine rings is 2. The van der Waals surface area contributed by atoms with E-state index < -0.39 is 17.4 Å². The Morgan fingerprint density at radius 1 is 1.42 bits per heavy atom. The molecule has 3 atom stereocenters. The van der Waals surface area contributed by atoms with E-state index in [4.69, 9.17) is 0 Å². The summed E-state index contributed by atoms with van der Waals surface area (Å²) in [6.45, 7) is 6.19. The van der Waals surface area contributed by atoms with E-state index in [-0.39, 0.29) is 5.91 Å². The Hall–Kier alpha value is -1.10. The average Bonchev–Trinajstić information content (AvgIpc) is 2.38. The third-order valence-corrected chi connectivity index (χ3v) is 4.52. The highest BCUT2D eigenvalue weighted by atomic mass is 16.4. The Morgan fingerprint density at radius 2 is 2.16 bits per heavy atom. The Balaban J connectivity index is 2.14. The van der Waals surface area contributed by atoms with Crippen LogP contribution in [0.3, 0.4) is 0 Å².